The van der Waals surface area contributed by atoms with Gasteiger partial charge in [-0.3, -0.25) is 24.1 Å². The molecule has 0 spiro atoms. The van der Waals surface area contributed by atoms with Crippen LogP contribution in [0.1, 0.15) is 31.7 Å². The largest absolute Gasteiger partial charge is 0.309 e. The molecule has 5 rings (SSSR count). The summed E-state index contributed by atoms with van der Waals surface area (Å²) in [5.41, 5.74) is 3.57. The lowest BCUT2D eigenvalue weighted by molar-refractivity contribution is -0.116. The van der Waals surface area contributed by atoms with Crippen LogP contribution in [0.25, 0.3) is 22.5 Å². The summed E-state index contributed by atoms with van der Waals surface area (Å²) in [4.78, 5) is 25.0. The average molecular weight is 414 g/mol. The number of nitrogens with one attached hydrogen (secondary N) is 1. The maximum atomic E-state index is 12.5. The highest BCUT2D eigenvalue weighted by Gasteiger charge is 2.21. The monoisotopic (exact) mass is 414 g/mol. The number of amides is 1. The first-order valence-electron chi connectivity index (χ1n) is 10.3. The van der Waals surface area contributed by atoms with Crippen LogP contribution in [-0.4, -0.2) is 40.4 Å². The smallest absolute Gasteiger partial charge is 0.247 e. The summed E-state index contributed by atoms with van der Waals surface area (Å²) in [5, 5.41) is 11.7. The van der Waals surface area contributed by atoms with Crippen molar-refractivity contribution in [3.05, 3.63) is 61.6 Å². The number of aromatic nitrogens is 7. The molecule has 1 amide bonds. The Kier molecular flexibility index (Phi) is 5.22. The lowest BCUT2D eigenvalue weighted by atomic mass is 10.2. The van der Waals surface area contributed by atoms with Gasteiger partial charge in [-0.25, -0.2) is 4.98 Å². The van der Waals surface area contributed by atoms with E-state index in [1.54, 1.807) is 41.7 Å². The Bertz CT molecular complexity index is 1160. The lowest BCUT2D eigenvalue weighted by Gasteiger charge is -2.13. The predicted molar refractivity (Wildman–Crippen MR) is 115 cm³/mol. The summed E-state index contributed by atoms with van der Waals surface area (Å²) < 4.78 is 3.72. The third-order valence-corrected chi connectivity index (χ3v) is 5.47. The van der Waals surface area contributed by atoms with Crippen LogP contribution >= 0.6 is 0 Å². The molecule has 0 saturated heterocycles. The topological polar surface area (TPSA) is 103 Å². The molecule has 0 radical (unpaired) electrons. The highest BCUT2D eigenvalue weighted by Crippen LogP contribution is 2.32. The Hall–Kier alpha value is -3.88. The summed E-state index contributed by atoms with van der Waals surface area (Å²) in [6.45, 7) is 0.102. The van der Waals surface area contributed by atoms with Gasteiger partial charge in [-0.05, 0) is 31.0 Å². The first-order chi connectivity index (χ1) is 15.3. The number of hydrogen-bond donors (Lipinski definition) is 1. The molecule has 0 aromatic carbocycles. The van der Waals surface area contributed by atoms with Crippen molar-refractivity contribution in [1.29, 1.82) is 0 Å². The van der Waals surface area contributed by atoms with E-state index in [4.69, 9.17) is 0 Å². The number of hydrogen-bond acceptors (Lipinski definition) is 6. The Morgan fingerprint density at radius 2 is 1.87 bits per heavy atom. The van der Waals surface area contributed by atoms with Gasteiger partial charge < -0.3 is 5.32 Å². The highest BCUT2D eigenvalue weighted by molar-refractivity contribution is 5.89. The van der Waals surface area contributed by atoms with E-state index in [1.165, 1.54) is 12.8 Å². The summed E-state index contributed by atoms with van der Waals surface area (Å²) in [7, 11) is 0. The van der Waals surface area contributed by atoms with Crippen LogP contribution in [-0.2, 0) is 11.3 Å². The molecule has 9 nitrogen and oxygen atoms in total. The molecule has 0 atom stereocenters. The minimum atomic E-state index is -0.196. The molecule has 4 aromatic heterocycles. The van der Waals surface area contributed by atoms with Crippen molar-refractivity contribution < 1.29 is 4.79 Å². The van der Waals surface area contributed by atoms with Gasteiger partial charge in [0.15, 0.2) is 0 Å². The lowest BCUT2D eigenvalue weighted by Crippen LogP contribution is -2.19. The Morgan fingerprint density at radius 1 is 0.968 bits per heavy atom. The third kappa shape index (κ3) is 4.20. The van der Waals surface area contributed by atoms with Gasteiger partial charge >= 0.3 is 0 Å². The van der Waals surface area contributed by atoms with Crippen LogP contribution in [0.4, 0.5) is 5.82 Å². The summed E-state index contributed by atoms with van der Waals surface area (Å²) in [5.74, 6) is 0.281. The molecule has 0 aliphatic heterocycles. The van der Waals surface area contributed by atoms with Crippen LogP contribution in [0.15, 0.2) is 61.6 Å². The quantitative estimate of drug-likeness (QED) is 0.519. The zero-order valence-electron chi connectivity index (χ0n) is 16.9. The molecule has 156 valence electrons. The van der Waals surface area contributed by atoms with Crippen molar-refractivity contribution in [3.63, 3.8) is 0 Å². The predicted octanol–water partition coefficient (Wildman–Crippen LogP) is 3.35. The fourth-order valence-corrected chi connectivity index (χ4v) is 3.96. The number of carbonyl (C=O) groups excluding carboxylic acids is 1. The normalized spacial score (nSPS) is 14.1. The summed E-state index contributed by atoms with van der Waals surface area (Å²) in [6, 6.07) is 6.05. The van der Waals surface area contributed by atoms with Crippen LogP contribution < -0.4 is 5.32 Å². The van der Waals surface area contributed by atoms with E-state index in [0.29, 0.717) is 11.9 Å². The minimum Gasteiger partial charge on any atom is -0.309 e. The molecule has 9 heteroatoms. The second-order valence-electron chi connectivity index (χ2n) is 7.60. The number of anilines is 1. The van der Waals surface area contributed by atoms with Crippen LogP contribution in [0, 0.1) is 0 Å². The van der Waals surface area contributed by atoms with Gasteiger partial charge in [0.1, 0.15) is 12.4 Å². The molecule has 4 aromatic rings. The minimum absolute atomic E-state index is 0.102. The van der Waals surface area contributed by atoms with E-state index >= 15 is 0 Å². The molecule has 1 aliphatic rings. The average Bonchev–Trinajstić information content (AvgIpc) is 3.56. The molecule has 1 N–H and O–H groups in total. The zero-order valence-corrected chi connectivity index (χ0v) is 16.9. The second kappa shape index (κ2) is 8.47. The molecular formula is C22H22N8O. The van der Waals surface area contributed by atoms with Gasteiger partial charge in [0, 0.05) is 42.1 Å². The Morgan fingerprint density at radius 3 is 2.65 bits per heavy atom. The van der Waals surface area contributed by atoms with Gasteiger partial charge in [0.25, 0.3) is 0 Å². The molecule has 0 bridgehead atoms. The summed E-state index contributed by atoms with van der Waals surface area (Å²) >= 11 is 0. The molecule has 1 aliphatic carbocycles. The van der Waals surface area contributed by atoms with Crippen LogP contribution in [0.5, 0.6) is 0 Å². The van der Waals surface area contributed by atoms with Gasteiger partial charge in [0.2, 0.25) is 5.91 Å². The van der Waals surface area contributed by atoms with Crippen molar-refractivity contribution >= 4 is 11.7 Å². The SMILES string of the molecule is O=C(Cn1cc(-c2ccnn2C2CCCC2)cn1)Nc1ccc(-c2cnccn2)cn1. The van der Waals surface area contributed by atoms with Crippen LogP contribution in [0.3, 0.4) is 0 Å². The Labute approximate surface area is 179 Å². The van der Waals surface area contributed by atoms with Gasteiger partial charge in [-0.1, -0.05) is 12.8 Å². The first-order valence-corrected chi connectivity index (χ1v) is 10.3. The van der Waals surface area contributed by atoms with Gasteiger partial charge in [0.05, 0.1) is 29.8 Å². The number of rotatable bonds is 6. The number of pyridine rings is 1. The van der Waals surface area contributed by atoms with E-state index in [1.807, 2.05) is 24.5 Å². The summed E-state index contributed by atoms with van der Waals surface area (Å²) in [6.07, 6.45) is 16.9. The van der Waals surface area contributed by atoms with Crippen molar-refractivity contribution in [1.82, 2.24) is 34.5 Å². The van der Waals surface area contributed by atoms with E-state index in [9.17, 15) is 4.79 Å². The van der Waals surface area contributed by atoms with Gasteiger partial charge in [-0.15, -0.1) is 0 Å². The molecule has 4 heterocycles. The molecule has 1 saturated carbocycles. The molecule has 0 unspecified atom stereocenters. The first kappa shape index (κ1) is 19.1. The molecule has 31 heavy (non-hydrogen) atoms. The Balaban J connectivity index is 1.23. The maximum absolute atomic E-state index is 12.5. The number of nitrogens with zero attached hydrogens (tertiary/aromatic N) is 7. The van der Waals surface area contributed by atoms with Crippen molar-refractivity contribution in [3.8, 4) is 22.5 Å². The standard InChI is InChI=1S/C22H22N8O/c31-22(28-21-6-5-16(11-25-21)19-13-23-9-10-24-19)15-29-14-17(12-27-29)20-7-8-26-30(20)18-3-1-2-4-18/h5-14,18H,1-4,15H2,(H,25,28,31). The van der Waals surface area contributed by atoms with E-state index in [0.717, 1.165) is 35.4 Å². The third-order valence-electron chi connectivity index (χ3n) is 5.47. The zero-order chi connectivity index (χ0) is 21.0. The molecule has 1 fully saturated rings. The van der Waals surface area contributed by atoms with E-state index < -0.39 is 0 Å². The fraction of sp³-hybridized carbons (Fsp3) is 0.273. The van der Waals surface area contributed by atoms with Crippen LogP contribution in [0.2, 0.25) is 0 Å². The van der Waals surface area contributed by atoms with Gasteiger partial charge in [-0.2, -0.15) is 10.2 Å². The number of carbonyl (C=O) groups is 1. The van der Waals surface area contributed by atoms with Crippen molar-refractivity contribution in [2.45, 2.75) is 38.3 Å². The van der Waals surface area contributed by atoms with Crippen molar-refractivity contribution in [2.75, 3.05) is 5.32 Å². The van der Waals surface area contributed by atoms with E-state index in [2.05, 4.69) is 35.1 Å². The maximum Gasteiger partial charge on any atom is 0.247 e. The second-order valence-corrected chi connectivity index (χ2v) is 7.60. The van der Waals surface area contributed by atoms with Crippen molar-refractivity contribution in [2.24, 2.45) is 0 Å². The fourth-order valence-electron chi connectivity index (χ4n) is 3.96. The van der Waals surface area contributed by atoms with E-state index in [-0.39, 0.29) is 12.5 Å². The highest BCUT2D eigenvalue weighted by atomic mass is 16.2. The molecular weight excluding hydrogens is 392 g/mol.